The Kier molecular flexibility index (Phi) is 2.42. The maximum Gasteiger partial charge on any atom is 0.280 e. The summed E-state index contributed by atoms with van der Waals surface area (Å²) in [6.45, 7) is 2.28. The summed E-state index contributed by atoms with van der Waals surface area (Å²) in [5, 5.41) is 0. The van der Waals surface area contributed by atoms with Gasteiger partial charge in [0.25, 0.3) is 5.56 Å². The van der Waals surface area contributed by atoms with Crippen LogP contribution in [0.2, 0.25) is 0 Å². The van der Waals surface area contributed by atoms with E-state index in [0.29, 0.717) is 18.7 Å². The fourth-order valence-electron chi connectivity index (χ4n) is 2.41. The minimum Gasteiger partial charge on any atom is -0.369 e. The van der Waals surface area contributed by atoms with E-state index in [9.17, 15) is 9.59 Å². The van der Waals surface area contributed by atoms with Crippen LogP contribution in [0.3, 0.4) is 0 Å². The van der Waals surface area contributed by atoms with E-state index in [1.165, 1.54) is 6.33 Å². The Hall–Kier alpha value is -2.22. The number of imidazole rings is 1. The van der Waals surface area contributed by atoms with Crippen LogP contribution < -0.4 is 11.3 Å². The molecule has 2 atom stereocenters. The van der Waals surface area contributed by atoms with Gasteiger partial charge in [-0.2, -0.15) is 4.98 Å². The van der Waals surface area contributed by atoms with Crippen LogP contribution in [0, 0.1) is 0 Å². The van der Waals surface area contributed by atoms with E-state index in [0.717, 1.165) is 6.29 Å². The SMILES string of the molecule is CC1(n2cnc3c(=O)[nH]c(N)nc32)COC(C=O)C1. The maximum absolute atomic E-state index is 11.7. The van der Waals surface area contributed by atoms with Gasteiger partial charge in [0.15, 0.2) is 11.2 Å². The van der Waals surface area contributed by atoms with Crippen molar-refractivity contribution >= 4 is 23.4 Å². The molecule has 1 saturated heterocycles. The fourth-order valence-corrected chi connectivity index (χ4v) is 2.41. The Morgan fingerprint density at radius 3 is 3.16 bits per heavy atom. The number of aldehydes is 1. The molecule has 8 nitrogen and oxygen atoms in total. The van der Waals surface area contributed by atoms with E-state index < -0.39 is 11.6 Å². The number of H-pyrrole nitrogens is 1. The first-order chi connectivity index (χ1) is 9.03. The molecule has 0 aliphatic carbocycles. The van der Waals surface area contributed by atoms with Crippen molar-refractivity contribution in [3.05, 3.63) is 16.7 Å². The van der Waals surface area contributed by atoms with E-state index in [1.807, 2.05) is 6.92 Å². The number of rotatable bonds is 2. The van der Waals surface area contributed by atoms with Gasteiger partial charge in [0.1, 0.15) is 12.4 Å². The van der Waals surface area contributed by atoms with Crippen LogP contribution in [-0.2, 0) is 15.1 Å². The quantitative estimate of drug-likeness (QED) is 0.699. The van der Waals surface area contributed by atoms with Crippen molar-refractivity contribution in [1.82, 2.24) is 19.5 Å². The van der Waals surface area contributed by atoms with Crippen molar-refractivity contribution in [2.75, 3.05) is 12.3 Å². The number of carbonyl (C=O) groups excluding carboxylic acids is 1. The molecule has 19 heavy (non-hydrogen) atoms. The minimum absolute atomic E-state index is 0.0358. The van der Waals surface area contributed by atoms with Gasteiger partial charge in [-0.15, -0.1) is 0 Å². The Bertz CT molecular complexity index is 706. The van der Waals surface area contributed by atoms with Gasteiger partial charge in [0.05, 0.1) is 18.5 Å². The number of nitrogens with zero attached hydrogens (tertiary/aromatic N) is 3. The number of nitrogens with one attached hydrogen (secondary N) is 1. The van der Waals surface area contributed by atoms with Crippen molar-refractivity contribution in [2.24, 2.45) is 0 Å². The van der Waals surface area contributed by atoms with E-state index in [1.54, 1.807) is 4.57 Å². The number of nitrogen functional groups attached to an aromatic ring is 1. The normalized spacial score (nSPS) is 26.9. The number of aromatic nitrogens is 4. The molecule has 1 fully saturated rings. The molecule has 2 unspecified atom stereocenters. The average molecular weight is 263 g/mol. The van der Waals surface area contributed by atoms with Crippen LogP contribution in [0.1, 0.15) is 13.3 Å². The van der Waals surface area contributed by atoms with Crippen LogP contribution >= 0.6 is 0 Å². The predicted molar refractivity (Wildman–Crippen MR) is 66.6 cm³/mol. The van der Waals surface area contributed by atoms with E-state index in [4.69, 9.17) is 10.5 Å². The first kappa shape index (κ1) is 11.8. The van der Waals surface area contributed by atoms with Gasteiger partial charge >= 0.3 is 0 Å². The largest absolute Gasteiger partial charge is 0.369 e. The highest BCUT2D eigenvalue weighted by Gasteiger charge is 2.39. The number of carbonyl (C=O) groups is 1. The number of aromatic amines is 1. The average Bonchev–Trinajstić information content (AvgIpc) is 2.93. The summed E-state index contributed by atoms with van der Waals surface area (Å²) in [5.41, 5.74) is 5.34. The van der Waals surface area contributed by atoms with Crippen LogP contribution in [0.15, 0.2) is 11.1 Å². The number of hydrogen-bond donors (Lipinski definition) is 2. The van der Waals surface area contributed by atoms with Crippen molar-refractivity contribution in [3.63, 3.8) is 0 Å². The van der Waals surface area contributed by atoms with Gasteiger partial charge in [-0.1, -0.05) is 0 Å². The number of nitrogens with two attached hydrogens (primary N) is 1. The minimum atomic E-state index is -0.465. The first-order valence-electron chi connectivity index (χ1n) is 5.84. The summed E-state index contributed by atoms with van der Waals surface area (Å²) in [5.74, 6) is 0.0358. The standard InChI is InChI=1S/C11H13N5O3/c1-11(2-6(3-17)19-4-11)16-5-13-7-8(16)14-10(12)15-9(7)18/h3,5-6H,2,4H2,1H3,(H3,12,14,15,18). The Morgan fingerprint density at radius 2 is 2.47 bits per heavy atom. The zero-order chi connectivity index (χ0) is 13.6. The second kappa shape index (κ2) is 3.89. The third-order valence-corrected chi connectivity index (χ3v) is 3.41. The van der Waals surface area contributed by atoms with Gasteiger partial charge in [-0.25, -0.2) is 4.98 Å². The predicted octanol–water partition coefficient (Wildman–Crippen LogP) is -0.595. The lowest BCUT2D eigenvalue weighted by Gasteiger charge is -2.24. The molecule has 8 heteroatoms. The van der Waals surface area contributed by atoms with Gasteiger partial charge in [0, 0.05) is 6.42 Å². The number of anilines is 1. The molecule has 0 radical (unpaired) electrons. The van der Waals surface area contributed by atoms with E-state index in [2.05, 4.69) is 15.0 Å². The van der Waals surface area contributed by atoms with E-state index >= 15 is 0 Å². The van der Waals surface area contributed by atoms with Gasteiger partial charge in [-0.05, 0) is 6.92 Å². The van der Waals surface area contributed by atoms with Crippen molar-refractivity contribution < 1.29 is 9.53 Å². The molecule has 3 heterocycles. The summed E-state index contributed by atoms with van der Waals surface area (Å²) in [4.78, 5) is 33.1. The smallest absolute Gasteiger partial charge is 0.280 e. The summed E-state index contributed by atoms with van der Waals surface area (Å²) >= 11 is 0. The highest BCUT2D eigenvalue weighted by Crippen LogP contribution is 2.32. The van der Waals surface area contributed by atoms with Gasteiger partial charge < -0.3 is 19.8 Å². The van der Waals surface area contributed by atoms with Gasteiger partial charge in [-0.3, -0.25) is 9.78 Å². The number of fused-ring (bicyclic) bond motifs is 1. The topological polar surface area (TPSA) is 116 Å². The summed E-state index contributed by atoms with van der Waals surface area (Å²) < 4.78 is 7.14. The molecule has 100 valence electrons. The molecule has 0 amide bonds. The monoisotopic (exact) mass is 263 g/mol. The molecule has 1 aliphatic heterocycles. The Balaban J connectivity index is 2.16. The van der Waals surface area contributed by atoms with Crippen LogP contribution in [0.25, 0.3) is 11.2 Å². The molecule has 3 N–H and O–H groups in total. The van der Waals surface area contributed by atoms with Crippen LogP contribution in [-0.4, -0.2) is 38.5 Å². The molecular formula is C11H13N5O3. The Labute approximate surface area is 107 Å². The highest BCUT2D eigenvalue weighted by molar-refractivity contribution is 5.71. The Morgan fingerprint density at radius 1 is 1.68 bits per heavy atom. The molecule has 2 aromatic rings. The zero-order valence-electron chi connectivity index (χ0n) is 10.3. The van der Waals surface area contributed by atoms with E-state index in [-0.39, 0.29) is 17.0 Å². The zero-order valence-corrected chi connectivity index (χ0v) is 10.3. The maximum atomic E-state index is 11.7. The van der Waals surface area contributed by atoms with Crippen LogP contribution in [0.4, 0.5) is 5.95 Å². The molecule has 0 aromatic carbocycles. The summed E-state index contributed by atoms with van der Waals surface area (Å²) in [7, 11) is 0. The summed E-state index contributed by atoms with van der Waals surface area (Å²) in [6.07, 6.45) is 2.37. The van der Waals surface area contributed by atoms with Gasteiger partial charge in [0.2, 0.25) is 5.95 Å². The third-order valence-electron chi connectivity index (χ3n) is 3.41. The molecule has 1 aliphatic rings. The molecular weight excluding hydrogens is 250 g/mol. The second-order valence-electron chi connectivity index (χ2n) is 4.92. The lowest BCUT2D eigenvalue weighted by molar-refractivity contribution is -0.115. The lowest BCUT2D eigenvalue weighted by Crippen LogP contribution is -2.31. The second-order valence-corrected chi connectivity index (χ2v) is 4.92. The fraction of sp³-hybridized carbons (Fsp3) is 0.455. The molecule has 0 bridgehead atoms. The third kappa shape index (κ3) is 1.72. The molecule has 0 saturated carbocycles. The van der Waals surface area contributed by atoms with Crippen molar-refractivity contribution in [3.8, 4) is 0 Å². The number of hydrogen-bond acceptors (Lipinski definition) is 6. The first-order valence-corrected chi connectivity index (χ1v) is 5.84. The van der Waals surface area contributed by atoms with Crippen molar-refractivity contribution in [2.45, 2.75) is 25.0 Å². The molecule has 3 rings (SSSR count). The molecule has 2 aromatic heterocycles. The lowest BCUT2D eigenvalue weighted by atomic mass is 9.98. The van der Waals surface area contributed by atoms with Crippen LogP contribution in [0.5, 0.6) is 0 Å². The van der Waals surface area contributed by atoms with Crippen molar-refractivity contribution in [1.29, 1.82) is 0 Å². The number of ether oxygens (including phenoxy) is 1. The summed E-state index contributed by atoms with van der Waals surface area (Å²) in [6, 6.07) is 0. The highest BCUT2D eigenvalue weighted by atomic mass is 16.5. The molecule has 0 spiro atoms.